The van der Waals surface area contributed by atoms with Gasteiger partial charge in [0.2, 0.25) is 0 Å². The molecule has 1 aromatic rings. The average Bonchev–Trinajstić information content (AvgIpc) is 2.40. The number of nitrogens with zero attached hydrogens (tertiary/aromatic N) is 2. The fraction of sp³-hybridized carbons (Fsp3) is 0.667. The van der Waals surface area contributed by atoms with Crippen molar-refractivity contribution in [3.63, 3.8) is 0 Å². The highest BCUT2D eigenvalue weighted by atomic mass is 15.1. The molecule has 0 spiro atoms. The van der Waals surface area contributed by atoms with Gasteiger partial charge in [-0.2, -0.15) is 0 Å². The van der Waals surface area contributed by atoms with Crippen LogP contribution in [-0.2, 0) is 6.42 Å². The lowest BCUT2D eigenvalue weighted by Gasteiger charge is -2.28. The molecule has 0 radical (unpaired) electrons. The highest BCUT2D eigenvalue weighted by Gasteiger charge is 2.15. The van der Waals surface area contributed by atoms with Gasteiger partial charge in [-0.15, -0.1) is 0 Å². The van der Waals surface area contributed by atoms with Crippen molar-refractivity contribution in [3.8, 4) is 0 Å². The van der Waals surface area contributed by atoms with Gasteiger partial charge in [0.15, 0.2) is 0 Å². The van der Waals surface area contributed by atoms with Crippen molar-refractivity contribution in [2.45, 2.75) is 32.7 Å². The lowest BCUT2D eigenvalue weighted by molar-refractivity contribution is 0.235. The van der Waals surface area contributed by atoms with E-state index >= 15 is 0 Å². The maximum absolute atomic E-state index is 6.00. The average molecular weight is 291 g/mol. The zero-order valence-corrected chi connectivity index (χ0v) is 14.5. The predicted molar refractivity (Wildman–Crippen MR) is 92.6 cm³/mol. The van der Waals surface area contributed by atoms with Crippen LogP contribution in [0.25, 0.3) is 0 Å². The second-order valence-electron chi connectivity index (χ2n) is 6.73. The molecule has 0 amide bonds. The first kappa shape index (κ1) is 18.1. The van der Waals surface area contributed by atoms with Crippen LogP contribution in [0, 0.1) is 5.92 Å². The molecule has 21 heavy (non-hydrogen) atoms. The largest absolute Gasteiger partial charge is 0.329 e. The molecular formula is C18H33N3. The minimum absolute atomic E-state index is 0.320. The Morgan fingerprint density at radius 3 is 2.10 bits per heavy atom. The van der Waals surface area contributed by atoms with Crippen molar-refractivity contribution < 1.29 is 0 Å². The maximum atomic E-state index is 6.00. The summed E-state index contributed by atoms with van der Waals surface area (Å²) in [6.07, 6.45) is 2.32. The van der Waals surface area contributed by atoms with Crippen LogP contribution < -0.4 is 5.73 Å². The van der Waals surface area contributed by atoms with Gasteiger partial charge in [0, 0.05) is 12.6 Å². The molecule has 1 unspecified atom stereocenters. The van der Waals surface area contributed by atoms with E-state index in [1.165, 1.54) is 17.5 Å². The molecule has 0 heterocycles. The number of likely N-dealkylation sites (N-methyl/N-ethyl adjacent to an activating group) is 1. The summed E-state index contributed by atoms with van der Waals surface area (Å²) in [4.78, 5) is 4.60. The lowest BCUT2D eigenvalue weighted by Crippen LogP contribution is -2.32. The van der Waals surface area contributed by atoms with Crippen LogP contribution in [-0.4, -0.2) is 50.6 Å². The summed E-state index contributed by atoms with van der Waals surface area (Å²) < 4.78 is 0. The van der Waals surface area contributed by atoms with Gasteiger partial charge < -0.3 is 10.6 Å². The molecule has 0 saturated carbocycles. The summed E-state index contributed by atoms with van der Waals surface area (Å²) in [5.74, 6) is 0.704. The molecular weight excluding hydrogens is 258 g/mol. The first-order valence-corrected chi connectivity index (χ1v) is 8.08. The van der Waals surface area contributed by atoms with Crippen LogP contribution in [0.1, 0.15) is 37.4 Å². The van der Waals surface area contributed by atoms with E-state index in [9.17, 15) is 0 Å². The standard InChI is InChI=1S/C18H33N3/c1-15(2)13-16-7-9-17(10-8-16)18(14-19)21(5)12-6-11-20(3)4/h7-10,15,18H,6,11-14,19H2,1-5H3. The summed E-state index contributed by atoms with van der Waals surface area (Å²) in [6.45, 7) is 7.38. The van der Waals surface area contributed by atoms with E-state index in [2.05, 4.69) is 69.1 Å². The first-order valence-electron chi connectivity index (χ1n) is 8.08. The zero-order chi connectivity index (χ0) is 15.8. The van der Waals surface area contributed by atoms with Gasteiger partial charge in [-0.25, -0.2) is 0 Å². The van der Waals surface area contributed by atoms with Crippen molar-refractivity contribution in [1.82, 2.24) is 9.80 Å². The quantitative estimate of drug-likeness (QED) is 0.759. The molecule has 120 valence electrons. The smallest absolute Gasteiger partial charge is 0.0467 e. The second kappa shape index (κ2) is 9.19. The molecule has 2 N–H and O–H groups in total. The van der Waals surface area contributed by atoms with Gasteiger partial charge in [0.1, 0.15) is 0 Å². The van der Waals surface area contributed by atoms with Crippen LogP contribution in [0.4, 0.5) is 0 Å². The number of rotatable bonds is 9. The Labute approximate surface area is 131 Å². The highest BCUT2D eigenvalue weighted by molar-refractivity contribution is 5.25. The van der Waals surface area contributed by atoms with Crippen molar-refractivity contribution in [1.29, 1.82) is 0 Å². The number of hydrogen-bond donors (Lipinski definition) is 1. The van der Waals surface area contributed by atoms with Crippen LogP contribution in [0.15, 0.2) is 24.3 Å². The van der Waals surface area contributed by atoms with Crippen LogP contribution >= 0.6 is 0 Å². The third-order valence-electron chi connectivity index (χ3n) is 3.88. The van der Waals surface area contributed by atoms with Crippen molar-refractivity contribution >= 4 is 0 Å². The van der Waals surface area contributed by atoms with Gasteiger partial charge in [0.05, 0.1) is 0 Å². The Kier molecular flexibility index (Phi) is 7.94. The third-order valence-corrected chi connectivity index (χ3v) is 3.88. The van der Waals surface area contributed by atoms with Gasteiger partial charge in [0.25, 0.3) is 0 Å². The van der Waals surface area contributed by atoms with E-state index in [1.54, 1.807) is 0 Å². The molecule has 0 aliphatic heterocycles. The van der Waals surface area contributed by atoms with E-state index in [0.29, 0.717) is 18.5 Å². The minimum atomic E-state index is 0.320. The van der Waals surface area contributed by atoms with E-state index in [1.807, 2.05) is 0 Å². The maximum Gasteiger partial charge on any atom is 0.0467 e. The summed E-state index contributed by atoms with van der Waals surface area (Å²) in [6, 6.07) is 9.33. The highest BCUT2D eigenvalue weighted by Crippen LogP contribution is 2.20. The third kappa shape index (κ3) is 6.60. The topological polar surface area (TPSA) is 32.5 Å². The Balaban J connectivity index is 2.62. The molecule has 0 bridgehead atoms. The van der Waals surface area contributed by atoms with E-state index < -0.39 is 0 Å². The zero-order valence-electron chi connectivity index (χ0n) is 14.5. The van der Waals surface area contributed by atoms with Gasteiger partial charge in [-0.05, 0) is 64.1 Å². The van der Waals surface area contributed by atoms with E-state index in [0.717, 1.165) is 19.5 Å². The summed E-state index contributed by atoms with van der Waals surface area (Å²) in [7, 11) is 6.41. The van der Waals surface area contributed by atoms with Crippen LogP contribution in [0.3, 0.4) is 0 Å². The fourth-order valence-electron chi connectivity index (χ4n) is 2.71. The molecule has 0 aliphatic carbocycles. The van der Waals surface area contributed by atoms with Gasteiger partial charge in [-0.1, -0.05) is 38.1 Å². The molecule has 1 atom stereocenters. The first-order chi connectivity index (χ1) is 9.93. The molecule has 0 saturated heterocycles. The minimum Gasteiger partial charge on any atom is -0.329 e. The molecule has 3 heteroatoms. The molecule has 0 aliphatic rings. The normalized spacial score (nSPS) is 13.4. The number of nitrogens with two attached hydrogens (primary N) is 1. The summed E-state index contributed by atoms with van der Waals surface area (Å²) >= 11 is 0. The number of benzene rings is 1. The van der Waals surface area contributed by atoms with Crippen LogP contribution in [0.5, 0.6) is 0 Å². The monoisotopic (exact) mass is 291 g/mol. The van der Waals surface area contributed by atoms with E-state index in [4.69, 9.17) is 5.73 Å². The van der Waals surface area contributed by atoms with Gasteiger partial charge >= 0.3 is 0 Å². The Morgan fingerprint density at radius 1 is 1.00 bits per heavy atom. The number of hydrogen-bond acceptors (Lipinski definition) is 3. The fourth-order valence-corrected chi connectivity index (χ4v) is 2.71. The van der Waals surface area contributed by atoms with Crippen molar-refractivity contribution in [2.75, 3.05) is 40.8 Å². The molecule has 0 fully saturated rings. The molecule has 0 aromatic heterocycles. The van der Waals surface area contributed by atoms with Crippen molar-refractivity contribution in [2.24, 2.45) is 11.7 Å². The van der Waals surface area contributed by atoms with Crippen molar-refractivity contribution in [3.05, 3.63) is 35.4 Å². The van der Waals surface area contributed by atoms with E-state index in [-0.39, 0.29) is 0 Å². The molecule has 1 rings (SSSR count). The van der Waals surface area contributed by atoms with Gasteiger partial charge in [-0.3, -0.25) is 4.90 Å². The second-order valence-corrected chi connectivity index (χ2v) is 6.73. The SMILES string of the molecule is CC(C)Cc1ccc(C(CN)N(C)CCCN(C)C)cc1. The summed E-state index contributed by atoms with van der Waals surface area (Å²) in [5.41, 5.74) is 8.75. The predicted octanol–water partition coefficient (Wildman–Crippen LogP) is 2.77. The summed E-state index contributed by atoms with van der Waals surface area (Å²) in [5, 5.41) is 0. The Morgan fingerprint density at radius 2 is 1.62 bits per heavy atom. The lowest BCUT2D eigenvalue weighted by atomic mass is 9.99. The Hall–Kier alpha value is -0.900. The molecule has 3 nitrogen and oxygen atoms in total. The van der Waals surface area contributed by atoms with Crippen LogP contribution in [0.2, 0.25) is 0 Å². The molecule has 1 aromatic carbocycles. The Bertz CT molecular complexity index is 384.